The van der Waals surface area contributed by atoms with Crippen LogP contribution < -0.4 is 5.32 Å². The lowest BCUT2D eigenvalue weighted by Crippen LogP contribution is -2.32. The molecule has 0 saturated heterocycles. The Labute approximate surface area is 89.9 Å². The van der Waals surface area contributed by atoms with E-state index in [4.69, 9.17) is 5.11 Å². The average molecular weight is 237 g/mol. The fraction of sp³-hybridized carbons (Fsp3) is 0.400. The fourth-order valence-corrected chi connectivity index (χ4v) is 1.14. The number of halogens is 4. The third kappa shape index (κ3) is 3.46. The van der Waals surface area contributed by atoms with E-state index >= 15 is 0 Å². The van der Waals surface area contributed by atoms with E-state index in [0.29, 0.717) is 0 Å². The Morgan fingerprint density at radius 1 is 1.19 bits per heavy atom. The lowest BCUT2D eigenvalue weighted by Gasteiger charge is -2.11. The van der Waals surface area contributed by atoms with Crippen LogP contribution in [0.5, 0.6) is 0 Å². The molecule has 1 aromatic carbocycles. The molecular formula is C10H11F4NO. The molecule has 0 aliphatic carbocycles. The minimum Gasteiger partial charge on any atom is -0.386 e. The third-order valence-corrected chi connectivity index (χ3v) is 2.01. The maximum absolute atomic E-state index is 13.0. The highest BCUT2D eigenvalue weighted by molar-refractivity contribution is 5.19. The number of nitrogens with one attached hydrogen (secondary N) is 1. The molecule has 1 atom stereocenters. The van der Waals surface area contributed by atoms with Crippen molar-refractivity contribution in [3.05, 3.63) is 35.4 Å². The van der Waals surface area contributed by atoms with E-state index in [1.54, 1.807) is 0 Å². The highest BCUT2D eigenvalue weighted by Gasteiger charge is 2.16. The number of hydrogen-bond acceptors (Lipinski definition) is 2. The normalized spacial score (nSPS) is 13.1. The van der Waals surface area contributed by atoms with Crippen molar-refractivity contribution < 1.29 is 22.7 Å². The van der Waals surface area contributed by atoms with Crippen molar-refractivity contribution in [1.29, 1.82) is 0 Å². The van der Waals surface area contributed by atoms with E-state index in [1.807, 2.05) is 0 Å². The summed E-state index contributed by atoms with van der Waals surface area (Å²) in [7, 11) is 0. The number of aliphatic hydroxyl groups excluding tert-OH is 1. The third-order valence-electron chi connectivity index (χ3n) is 2.01. The van der Waals surface area contributed by atoms with Gasteiger partial charge in [-0.15, -0.1) is 0 Å². The van der Waals surface area contributed by atoms with Gasteiger partial charge in [0.05, 0.1) is 0 Å². The largest absolute Gasteiger partial charge is 0.386 e. The lowest BCUT2D eigenvalue weighted by atomic mass is 10.2. The minimum absolute atomic E-state index is 0.232. The Morgan fingerprint density at radius 3 is 2.25 bits per heavy atom. The summed E-state index contributed by atoms with van der Waals surface area (Å²) < 4.78 is 49.8. The van der Waals surface area contributed by atoms with Crippen LogP contribution in [0.3, 0.4) is 0 Å². The van der Waals surface area contributed by atoms with Gasteiger partial charge >= 0.3 is 0 Å². The van der Waals surface area contributed by atoms with Gasteiger partial charge in [-0.2, -0.15) is 0 Å². The van der Waals surface area contributed by atoms with Crippen LogP contribution in [0.4, 0.5) is 17.6 Å². The van der Waals surface area contributed by atoms with Crippen molar-refractivity contribution in [2.75, 3.05) is 6.54 Å². The van der Waals surface area contributed by atoms with Crippen LogP contribution >= 0.6 is 0 Å². The predicted molar refractivity (Wildman–Crippen MR) is 50.1 cm³/mol. The summed E-state index contributed by atoms with van der Waals surface area (Å²) in [6.07, 6.45) is -4.71. The first-order chi connectivity index (χ1) is 7.52. The number of aliphatic hydroxyl groups is 1. The maximum atomic E-state index is 13.0. The van der Waals surface area contributed by atoms with E-state index in [2.05, 4.69) is 5.32 Å². The Bertz CT molecular complexity index is 325. The number of rotatable bonds is 5. The van der Waals surface area contributed by atoms with E-state index in [1.165, 1.54) is 6.07 Å². The van der Waals surface area contributed by atoms with Crippen molar-refractivity contribution in [2.24, 2.45) is 0 Å². The number of hydrogen-bond donors (Lipinski definition) is 2. The van der Waals surface area contributed by atoms with E-state index in [0.717, 1.165) is 12.1 Å². The maximum Gasteiger partial charge on any atom is 0.265 e. The second-order valence-electron chi connectivity index (χ2n) is 3.23. The second kappa shape index (κ2) is 5.81. The van der Waals surface area contributed by atoms with Gasteiger partial charge in [0, 0.05) is 18.7 Å². The fourth-order valence-electron chi connectivity index (χ4n) is 1.14. The quantitative estimate of drug-likeness (QED) is 0.764. The molecule has 0 aliphatic heterocycles. The zero-order valence-corrected chi connectivity index (χ0v) is 8.26. The summed E-state index contributed by atoms with van der Waals surface area (Å²) in [6, 6.07) is 3.36. The first-order valence-corrected chi connectivity index (χ1v) is 4.62. The van der Waals surface area contributed by atoms with Gasteiger partial charge in [-0.3, -0.25) is 0 Å². The van der Waals surface area contributed by atoms with Crippen LogP contribution in [0.25, 0.3) is 0 Å². The summed E-state index contributed by atoms with van der Waals surface area (Å²) >= 11 is 0. The number of benzene rings is 1. The molecule has 90 valence electrons. The highest BCUT2D eigenvalue weighted by Crippen LogP contribution is 2.11. The minimum atomic E-state index is -2.88. The average Bonchev–Trinajstić information content (AvgIpc) is 2.22. The van der Waals surface area contributed by atoms with Gasteiger partial charge in [0.25, 0.3) is 6.43 Å². The molecule has 6 heteroatoms. The van der Waals surface area contributed by atoms with Crippen LogP contribution in [-0.2, 0) is 6.54 Å². The molecule has 1 rings (SSSR count). The van der Waals surface area contributed by atoms with Crippen molar-refractivity contribution in [3.63, 3.8) is 0 Å². The molecule has 2 nitrogen and oxygen atoms in total. The summed E-state index contributed by atoms with van der Waals surface area (Å²) in [6.45, 7) is -0.673. The van der Waals surface area contributed by atoms with Crippen LogP contribution in [-0.4, -0.2) is 24.2 Å². The van der Waals surface area contributed by atoms with Gasteiger partial charge in [-0.1, -0.05) is 6.07 Å². The Balaban J connectivity index is 2.49. The molecule has 1 aromatic rings. The predicted octanol–water partition coefficient (Wildman–Crippen LogP) is 1.68. The molecule has 2 N–H and O–H groups in total. The first kappa shape index (κ1) is 12.9. The molecule has 16 heavy (non-hydrogen) atoms. The van der Waals surface area contributed by atoms with Crippen LogP contribution in [0, 0.1) is 11.6 Å². The summed E-state index contributed by atoms with van der Waals surface area (Å²) in [4.78, 5) is 0. The van der Waals surface area contributed by atoms with Crippen molar-refractivity contribution >= 4 is 0 Å². The topological polar surface area (TPSA) is 32.3 Å². The zero-order chi connectivity index (χ0) is 12.1. The van der Waals surface area contributed by atoms with Crippen LogP contribution in [0.15, 0.2) is 18.2 Å². The summed E-state index contributed by atoms with van der Waals surface area (Å²) in [5.41, 5.74) is -0.232. The van der Waals surface area contributed by atoms with Gasteiger partial charge < -0.3 is 10.4 Å². The van der Waals surface area contributed by atoms with Crippen LogP contribution in [0.1, 0.15) is 5.56 Å². The Hall–Kier alpha value is -1.14. The SMILES string of the molecule is OC(CNCc1c(F)cccc1F)C(F)F. The molecule has 0 aliphatic rings. The van der Waals surface area contributed by atoms with Crippen LogP contribution in [0.2, 0.25) is 0 Å². The molecule has 1 unspecified atom stereocenters. The van der Waals surface area contributed by atoms with Gasteiger partial charge in [-0.25, -0.2) is 17.6 Å². The van der Waals surface area contributed by atoms with Crippen molar-refractivity contribution in [1.82, 2.24) is 5.32 Å². The van der Waals surface area contributed by atoms with Gasteiger partial charge in [-0.05, 0) is 12.1 Å². The molecule has 0 radical (unpaired) electrons. The molecule has 0 spiro atoms. The molecule has 0 aromatic heterocycles. The standard InChI is InChI=1S/C10H11F4NO/c11-7-2-1-3-8(12)6(7)4-15-5-9(16)10(13)14/h1-3,9-10,15-16H,4-5H2. The molecule has 0 saturated carbocycles. The zero-order valence-electron chi connectivity index (χ0n) is 8.26. The van der Waals surface area contributed by atoms with E-state index in [9.17, 15) is 17.6 Å². The smallest absolute Gasteiger partial charge is 0.265 e. The van der Waals surface area contributed by atoms with Gasteiger partial charge in [0.2, 0.25) is 0 Å². The Morgan fingerprint density at radius 2 is 1.75 bits per heavy atom. The summed E-state index contributed by atoms with van der Waals surface area (Å²) in [5, 5.41) is 11.1. The van der Waals surface area contributed by atoms with Gasteiger partial charge in [0.15, 0.2) is 0 Å². The molecule has 0 amide bonds. The van der Waals surface area contributed by atoms with Crippen molar-refractivity contribution in [3.8, 4) is 0 Å². The summed E-state index contributed by atoms with van der Waals surface area (Å²) in [5.74, 6) is -1.50. The van der Waals surface area contributed by atoms with E-state index in [-0.39, 0.29) is 12.1 Å². The highest BCUT2D eigenvalue weighted by atomic mass is 19.3. The molecule has 0 bridgehead atoms. The molecule has 0 heterocycles. The van der Waals surface area contributed by atoms with E-state index < -0.39 is 30.7 Å². The molecule has 0 fully saturated rings. The second-order valence-corrected chi connectivity index (χ2v) is 3.23. The van der Waals surface area contributed by atoms with Gasteiger partial charge in [0.1, 0.15) is 17.7 Å². The molecular weight excluding hydrogens is 226 g/mol. The number of alkyl halides is 2. The Kier molecular flexibility index (Phi) is 4.70. The first-order valence-electron chi connectivity index (χ1n) is 4.62. The monoisotopic (exact) mass is 237 g/mol. The lowest BCUT2D eigenvalue weighted by molar-refractivity contribution is -0.00346. The van der Waals surface area contributed by atoms with Crippen molar-refractivity contribution in [2.45, 2.75) is 19.1 Å².